The van der Waals surface area contributed by atoms with E-state index in [1.807, 2.05) is 0 Å². The summed E-state index contributed by atoms with van der Waals surface area (Å²) in [5, 5.41) is 2.57. The maximum absolute atomic E-state index is 13.4. The Kier molecular flexibility index (Phi) is 6.89. The molecule has 1 aromatic rings. The van der Waals surface area contributed by atoms with E-state index in [1.54, 1.807) is 0 Å². The van der Waals surface area contributed by atoms with Crippen LogP contribution in [0.25, 0.3) is 0 Å². The molecular formula is C14H20F2N2O4S. The van der Waals surface area contributed by atoms with Crippen LogP contribution in [-0.4, -0.2) is 46.9 Å². The molecule has 0 aliphatic rings. The second-order valence-corrected chi connectivity index (χ2v) is 6.83. The molecule has 0 bridgehead atoms. The van der Waals surface area contributed by atoms with Gasteiger partial charge in [-0.1, -0.05) is 0 Å². The third-order valence-electron chi connectivity index (χ3n) is 3.07. The molecule has 0 saturated carbocycles. The zero-order valence-electron chi connectivity index (χ0n) is 13.2. The van der Waals surface area contributed by atoms with Crippen molar-refractivity contribution in [1.82, 2.24) is 5.32 Å². The normalized spacial score (nSPS) is 12.7. The summed E-state index contributed by atoms with van der Waals surface area (Å²) in [4.78, 5) is 12.1. The third-order valence-corrected chi connectivity index (χ3v) is 4.31. The van der Waals surface area contributed by atoms with E-state index in [1.165, 1.54) is 14.0 Å². The van der Waals surface area contributed by atoms with Crippen LogP contribution in [0, 0.1) is 11.6 Å². The summed E-state index contributed by atoms with van der Waals surface area (Å²) in [6.07, 6.45) is 1.46. The summed E-state index contributed by atoms with van der Waals surface area (Å²) >= 11 is 0. The van der Waals surface area contributed by atoms with Crippen molar-refractivity contribution in [3.8, 4) is 0 Å². The number of sulfonamides is 1. The van der Waals surface area contributed by atoms with Gasteiger partial charge in [0.1, 0.15) is 6.04 Å². The average Bonchev–Trinajstić information content (AvgIpc) is 2.45. The standard InChI is InChI=1S/C14H20F2N2O4S/c1-10(14(19)17-7-4-8-22-2)18(23(3,20)21)11-5-6-12(15)13(16)9-11/h5-6,9-10H,4,7-8H2,1-3H3,(H,17,19)/t10-/m0/s1. The number of carbonyl (C=O) groups excluding carboxylic acids is 1. The van der Waals surface area contributed by atoms with Crippen molar-refractivity contribution >= 4 is 21.6 Å². The van der Waals surface area contributed by atoms with Crippen LogP contribution in [0.2, 0.25) is 0 Å². The monoisotopic (exact) mass is 350 g/mol. The van der Waals surface area contributed by atoms with Gasteiger partial charge in [0.2, 0.25) is 15.9 Å². The molecule has 0 heterocycles. The van der Waals surface area contributed by atoms with Gasteiger partial charge in [-0.15, -0.1) is 0 Å². The van der Waals surface area contributed by atoms with Gasteiger partial charge in [-0.2, -0.15) is 0 Å². The summed E-state index contributed by atoms with van der Waals surface area (Å²) in [6.45, 7) is 2.13. The fourth-order valence-corrected chi connectivity index (χ4v) is 3.17. The van der Waals surface area contributed by atoms with Crippen LogP contribution in [0.3, 0.4) is 0 Å². The minimum atomic E-state index is -3.87. The first-order valence-electron chi connectivity index (χ1n) is 6.89. The number of methoxy groups -OCH3 is 1. The van der Waals surface area contributed by atoms with E-state index in [-0.39, 0.29) is 5.69 Å². The van der Waals surface area contributed by atoms with Crippen LogP contribution in [0.1, 0.15) is 13.3 Å². The minimum absolute atomic E-state index is 0.119. The molecular weight excluding hydrogens is 330 g/mol. The topological polar surface area (TPSA) is 75.7 Å². The van der Waals surface area contributed by atoms with Crippen LogP contribution in [-0.2, 0) is 19.6 Å². The SMILES string of the molecule is COCCCNC(=O)[C@H](C)N(c1ccc(F)c(F)c1)S(C)(=O)=O. The third kappa shape index (κ3) is 5.43. The average molecular weight is 350 g/mol. The number of amides is 1. The smallest absolute Gasteiger partial charge is 0.243 e. The molecule has 6 nitrogen and oxygen atoms in total. The number of ether oxygens (including phenoxy) is 1. The molecule has 23 heavy (non-hydrogen) atoms. The first-order valence-corrected chi connectivity index (χ1v) is 8.74. The fourth-order valence-electron chi connectivity index (χ4n) is 2.01. The van der Waals surface area contributed by atoms with E-state index in [9.17, 15) is 22.0 Å². The van der Waals surface area contributed by atoms with Crippen LogP contribution in [0.5, 0.6) is 0 Å². The van der Waals surface area contributed by atoms with E-state index < -0.39 is 33.6 Å². The van der Waals surface area contributed by atoms with Crippen LogP contribution in [0.4, 0.5) is 14.5 Å². The lowest BCUT2D eigenvalue weighted by atomic mass is 10.2. The molecule has 9 heteroatoms. The zero-order valence-corrected chi connectivity index (χ0v) is 14.0. The highest BCUT2D eigenvalue weighted by atomic mass is 32.2. The number of hydrogen-bond acceptors (Lipinski definition) is 4. The Morgan fingerprint density at radius 2 is 2.00 bits per heavy atom. The molecule has 1 aromatic carbocycles. The van der Waals surface area contributed by atoms with Crippen molar-refractivity contribution in [2.45, 2.75) is 19.4 Å². The zero-order chi connectivity index (χ0) is 17.6. The number of rotatable bonds is 8. The Labute approximate surface area is 134 Å². The van der Waals surface area contributed by atoms with Gasteiger partial charge in [-0.25, -0.2) is 17.2 Å². The lowest BCUT2D eigenvalue weighted by Gasteiger charge is -2.28. The highest BCUT2D eigenvalue weighted by Gasteiger charge is 2.29. The Bertz CT molecular complexity index is 652. The van der Waals surface area contributed by atoms with Crippen molar-refractivity contribution in [3.63, 3.8) is 0 Å². The summed E-state index contributed by atoms with van der Waals surface area (Å²) in [7, 11) is -2.34. The van der Waals surface area contributed by atoms with Crippen molar-refractivity contribution in [3.05, 3.63) is 29.8 Å². The fraction of sp³-hybridized carbons (Fsp3) is 0.500. The quantitative estimate of drug-likeness (QED) is 0.717. The lowest BCUT2D eigenvalue weighted by Crippen LogP contribution is -2.48. The molecule has 0 saturated heterocycles. The van der Waals surface area contributed by atoms with Gasteiger partial charge in [-0.3, -0.25) is 9.10 Å². The number of anilines is 1. The predicted octanol–water partition coefficient (Wildman–Crippen LogP) is 1.27. The second-order valence-electron chi connectivity index (χ2n) is 4.97. The predicted molar refractivity (Wildman–Crippen MR) is 82.6 cm³/mol. The number of hydrogen-bond donors (Lipinski definition) is 1. The van der Waals surface area contributed by atoms with Crippen LogP contribution < -0.4 is 9.62 Å². The largest absolute Gasteiger partial charge is 0.385 e. The molecule has 1 N–H and O–H groups in total. The van der Waals surface area contributed by atoms with E-state index in [0.717, 1.165) is 28.8 Å². The molecule has 0 aliphatic heterocycles. The van der Waals surface area contributed by atoms with Gasteiger partial charge >= 0.3 is 0 Å². The van der Waals surface area contributed by atoms with Crippen molar-refractivity contribution in [2.24, 2.45) is 0 Å². The van der Waals surface area contributed by atoms with Gasteiger partial charge in [0.05, 0.1) is 11.9 Å². The molecule has 1 rings (SSSR count). The molecule has 0 unspecified atom stereocenters. The molecule has 0 aliphatic carbocycles. The van der Waals surface area contributed by atoms with Gasteiger partial charge in [0.25, 0.3) is 0 Å². The van der Waals surface area contributed by atoms with Gasteiger partial charge in [0.15, 0.2) is 11.6 Å². The first kappa shape index (κ1) is 19.3. The molecule has 130 valence electrons. The number of nitrogens with zero attached hydrogens (tertiary/aromatic N) is 1. The maximum atomic E-state index is 13.4. The van der Waals surface area contributed by atoms with Crippen LogP contribution >= 0.6 is 0 Å². The van der Waals surface area contributed by atoms with E-state index in [4.69, 9.17) is 4.74 Å². The molecule has 1 amide bonds. The van der Waals surface area contributed by atoms with E-state index >= 15 is 0 Å². The first-order chi connectivity index (χ1) is 10.7. The lowest BCUT2D eigenvalue weighted by molar-refractivity contribution is -0.121. The Morgan fingerprint density at radius 3 is 2.52 bits per heavy atom. The number of nitrogens with one attached hydrogen (secondary N) is 1. The Balaban J connectivity index is 2.98. The van der Waals surface area contributed by atoms with Gasteiger partial charge in [-0.05, 0) is 25.5 Å². The molecule has 0 fully saturated rings. The summed E-state index contributed by atoms with van der Waals surface area (Å²) in [6, 6.07) is 1.54. The highest BCUT2D eigenvalue weighted by molar-refractivity contribution is 7.92. The minimum Gasteiger partial charge on any atom is -0.385 e. The molecule has 0 spiro atoms. The number of benzene rings is 1. The van der Waals surface area contributed by atoms with E-state index in [0.29, 0.717) is 19.6 Å². The van der Waals surface area contributed by atoms with Crippen molar-refractivity contribution in [2.75, 3.05) is 30.8 Å². The van der Waals surface area contributed by atoms with Crippen molar-refractivity contribution in [1.29, 1.82) is 0 Å². The molecule has 0 aromatic heterocycles. The van der Waals surface area contributed by atoms with E-state index in [2.05, 4.69) is 5.32 Å². The number of halogens is 2. The molecule has 1 atom stereocenters. The highest BCUT2D eigenvalue weighted by Crippen LogP contribution is 2.23. The van der Waals surface area contributed by atoms with Gasteiger partial charge in [0, 0.05) is 26.3 Å². The van der Waals surface area contributed by atoms with Gasteiger partial charge < -0.3 is 10.1 Å². The van der Waals surface area contributed by atoms with Crippen LogP contribution in [0.15, 0.2) is 18.2 Å². The summed E-state index contributed by atoms with van der Waals surface area (Å²) in [5.41, 5.74) is -0.119. The second kappa shape index (κ2) is 8.21. The summed E-state index contributed by atoms with van der Waals surface area (Å²) < 4.78 is 55.9. The summed E-state index contributed by atoms with van der Waals surface area (Å²) in [5.74, 6) is -2.83. The number of carbonyl (C=O) groups is 1. The van der Waals surface area contributed by atoms with Crippen molar-refractivity contribution < 1.29 is 26.7 Å². The maximum Gasteiger partial charge on any atom is 0.243 e. The molecule has 0 radical (unpaired) electrons. The Hall–Kier alpha value is -1.74. The Morgan fingerprint density at radius 1 is 1.35 bits per heavy atom.